The van der Waals surface area contributed by atoms with E-state index in [0.29, 0.717) is 16.7 Å². The molecule has 5 heteroatoms. The minimum atomic E-state index is -0.454. The van der Waals surface area contributed by atoms with E-state index in [0.717, 1.165) is 24.2 Å². The van der Waals surface area contributed by atoms with Gasteiger partial charge in [0.15, 0.2) is 0 Å². The highest BCUT2D eigenvalue weighted by Gasteiger charge is 2.24. The molecule has 21 heavy (non-hydrogen) atoms. The number of hydrogen-bond acceptors (Lipinski definition) is 3. The third-order valence-electron chi connectivity index (χ3n) is 3.46. The second kappa shape index (κ2) is 6.02. The molecule has 0 aliphatic heterocycles. The first-order valence-electron chi connectivity index (χ1n) is 6.85. The van der Waals surface area contributed by atoms with Gasteiger partial charge in [0.1, 0.15) is 11.6 Å². The Balaban J connectivity index is 1.91. The van der Waals surface area contributed by atoms with Gasteiger partial charge in [-0.05, 0) is 42.7 Å². The minimum absolute atomic E-state index is 0.316. The fourth-order valence-corrected chi connectivity index (χ4v) is 2.41. The molecule has 0 radical (unpaired) electrons. The summed E-state index contributed by atoms with van der Waals surface area (Å²) < 4.78 is 19.8. The van der Waals surface area contributed by atoms with E-state index in [1.165, 1.54) is 6.07 Å². The summed E-state index contributed by atoms with van der Waals surface area (Å²) in [5.41, 5.74) is 3.95. The largest absolute Gasteiger partial charge is 0.490 e. The Bertz CT molecular complexity index is 646. The second-order valence-electron chi connectivity index (χ2n) is 5.16. The zero-order valence-electron chi connectivity index (χ0n) is 11.4. The third-order valence-corrected chi connectivity index (χ3v) is 3.69. The lowest BCUT2D eigenvalue weighted by Gasteiger charge is -2.18. The summed E-state index contributed by atoms with van der Waals surface area (Å²) in [5, 5.41) is 0.359. The van der Waals surface area contributed by atoms with Crippen LogP contribution in [0.3, 0.4) is 0 Å². The van der Waals surface area contributed by atoms with Gasteiger partial charge in [-0.2, -0.15) is 0 Å². The first-order valence-corrected chi connectivity index (χ1v) is 7.23. The zero-order valence-corrected chi connectivity index (χ0v) is 12.1. The average molecular weight is 307 g/mol. The van der Waals surface area contributed by atoms with Crippen LogP contribution in [0.25, 0.3) is 0 Å². The molecule has 110 valence electrons. The molecule has 1 atom stereocenters. The number of nitrogens with two attached hydrogens (primary N) is 1. The van der Waals surface area contributed by atoms with E-state index in [-0.39, 0.29) is 5.82 Å². The normalized spacial score (nSPS) is 15.8. The van der Waals surface area contributed by atoms with Crippen molar-refractivity contribution >= 4 is 11.6 Å². The van der Waals surface area contributed by atoms with Crippen LogP contribution in [0, 0.1) is 5.82 Å². The van der Waals surface area contributed by atoms with Gasteiger partial charge in [-0.25, -0.2) is 9.82 Å². The molecule has 1 unspecified atom stereocenters. The second-order valence-corrected chi connectivity index (χ2v) is 5.59. The van der Waals surface area contributed by atoms with Crippen LogP contribution < -0.4 is 16.0 Å². The Morgan fingerprint density at radius 3 is 2.71 bits per heavy atom. The molecular weight excluding hydrogens is 291 g/mol. The lowest BCUT2D eigenvalue weighted by molar-refractivity contribution is 0.302. The number of benzene rings is 2. The smallest absolute Gasteiger partial charge is 0.129 e. The quantitative estimate of drug-likeness (QED) is 0.656. The highest BCUT2D eigenvalue weighted by Crippen LogP contribution is 2.31. The summed E-state index contributed by atoms with van der Waals surface area (Å²) in [7, 11) is 0. The maximum Gasteiger partial charge on any atom is 0.129 e. The van der Waals surface area contributed by atoms with Gasteiger partial charge < -0.3 is 4.74 Å². The molecule has 2 aromatic carbocycles. The van der Waals surface area contributed by atoms with Crippen molar-refractivity contribution in [1.29, 1.82) is 0 Å². The van der Waals surface area contributed by atoms with Crippen molar-refractivity contribution in [3.8, 4) is 5.75 Å². The number of hydrogen-bond donors (Lipinski definition) is 2. The molecule has 3 N–H and O–H groups in total. The van der Waals surface area contributed by atoms with E-state index in [2.05, 4.69) is 5.43 Å². The summed E-state index contributed by atoms with van der Waals surface area (Å²) in [6.45, 7) is 0. The molecule has 0 bridgehead atoms. The average Bonchev–Trinajstić information content (AvgIpc) is 3.26. The van der Waals surface area contributed by atoms with E-state index in [1.807, 2.05) is 24.3 Å². The number of rotatable bonds is 5. The van der Waals surface area contributed by atoms with Crippen LogP contribution in [0.1, 0.15) is 30.0 Å². The fraction of sp³-hybridized carbons (Fsp3) is 0.250. The molecule has 1 saturated carbocycles. The molecule has 0 spiro atoms. The molecule has 3 rings (SSSR count). The van der Waals surface area contributed by atoms with E-state index in [4.69, 9.17) is 22.2 Å². The number of hydrazine groups is 1. The number of nitrogens with one attached hydrogen (secondary N) is 1. The topological polar surface area (TPSA) is 47.3 Å². The summed E-state index contributed by atoms with van der Waals surface area (Å²) in [6, 6.07) is 11.7. The van der Waals surface area contributed by atoms with Crippen molar-refractivity contribution in [2.24, 2.45) is 5.84 Å². The van der Waals surface area contributed by atoms with Gasteiger partial charge in [-0.1, -0.05) is 29.8 Å². The van der Waals surface area contributed by atoms with Gasteiger partial charge in [0.25, 0.3) is 0 Å². The van der Waals surface area contributed by atoms with Gasteiger partial charge in [0, 0.05) is 10.6 Å². The van der Waals surface area contributed by atoms with Crippen LogP contribution >= 0.6 is 11.6 Å². The van der Waals surface area contributed by atoms with Gasteiger partial charge in [-0.15, -0.1) is 0 Å². The predicted molar refractivity (Wildman–Crippen MR) is 80.7 cm³/mol. The van der Waals surface area contributed by atoms with E-state index < -0.39 is 6.04 Å². The Kier molecular flexibility index (Phi) is 4.10. The third kappa shape index (κ3) is 3.35. The van der Waals surface area contributed by atoms with Crippen molar-refractivity contribution in [2.75, 3.05) is 0 Å². The Morgan fingerprint density at radius 1 is 1.24 bits per heavy atom. The highest BCUT2D eigenvalue weighted by atomic mass is 35.5. The predicted octanol–water partition coefficient (Wildman–Crippen LogP) is 3.57. The number of ether oxygens (including phenoxy) is 1. The van der Waals surface area contributed by atoms with Crippen LogP contribution in [0.2, 0.25) is 5.02 Å². The molecule has 1 aliphatic carbocycles. The van der Waals surface area contributed by atoms with Crippen molar-refractivity contribution in [3.05, 3.63) is 64.4 Å². The zero-order chi connectivity index (χ0) is 14.8. The molecule has 3 nitrogen and oxygen atoms in total. The maximum atomic E-state index is 14.1. The van der Waals surface area contributed by atoms with E-state index in [1.54, 1.807) is 12.1 Å². The lowest BCUT2D eigenvalue weighted by atomic mass is 9.98. The summed E-state index contributed by atoms with van der Waals surface area (Å²) >= 11 is 5.79. The number of halogens is 2. The van der Waals surface area contributed by atoms with Crippen molar-refractivity contribution in [1.82, 2.24) is 5.43 Å². The summed E-state index contributed by atoms with van der Waals surface area (Å²) in [4.78, 5) is 0. The molecule has 1 fully saturated rings. The van der Waals surface area contributed by atoms with Crippen molar-refractivity contribution < 1.29 is 9.13 Å². The van der Waals surface area contributed by atoms with Crippen LogP contribution in [0.4, 0.5) is 4.39 Å². The molecule has 2 aromatic rings. The lowest BCUT2D eigenvalue weighted by Crippen LogP contribution is -2.29. The maximum absolute atomic E-state index is 14.1. The SMILES string of the molecule is NNC(c1cccc(OC2CC2)c1)c1ccc(Cl)cc1F. The molecule has 0 saturated heterocycles. The monoisotopic (exact) mass is 306 g/mol. The van der Waals surface area contributed by atoms with Crippen LogP contribution in [-0.2, 0) is 0 Å². The molecule has 0 aromatic heterocycles. The van der Waals surface area contributed by atoms with Crippen molar-refractivity contribution in [3.63, 3.8) is 0 Å². The Hall–Kier alpha value is -1.62. The highest BCUT2D eigenvalue weighted by molar-refractivity contribution is 6.30. The van der Waals surface area contributed by atoms with Crippen LogP contribution in [0.15, 0.2) is 42.5 Å². The molecule has 0 amide bonds. The first-order chi connectivity index (χ1) is 10.2. The van der Waals surface area contributed by atoms with Gasteiger partial charge in [-0.3, -0.25) is 5.84 Å². The summed E-state index contributed by atoms with van der Waals surface area (Å²) in [5.74, 6) is 6.01. The van der Waals surface area contributed by atoms with Gasteiger partial charge in [0.05, 0.1) is 12.1 Å². The minimum Gasteiger partial charge on any atom is -0.490 e. The van der Waals surface area contributed by atoms with Crippen LogP contribution in [0.5, 0.6) is 5.75 Å². The van der Waals surface area contributed by atoms with E-state index >= 15 is 0 Å². The molecule has 1 aliphatic rings. The summed E-state index contributed by atoms with van der Waals surface area (Å²) in [6.07, 6.45) is 2.50. The van der Waals surface area contributed by atoms with Crippen LogP contribution in [-0.4, -0.2) is 6.10 Å². The Labute approximate surface area is 127 Å². The molecule has 0 heterocycles. The van der Waals surface area contributed by atoms with Gasteiger partial charge in [0.2, 0.25) is 0 Å². The van der Waals surface area contributed by atoms with E-state index in [9.17, 15) is 4.39 Å². The molecular formula is C16H16ClFN2O. The first kappa shape index (κ1) is 14.3. The standard InChI is InChI=1S/C16H16ClFN2O/c17-11-4-7-14(15(18)9-11)16(20-19)10-2-1-3-13(8-10)21-12-5-6-12/h1-4,7-9,12,16,20H,5-6,19H2. The Morgan fingerprint density at radius 2 is 2.05 bits per heavy atom. The van der Waals surface area contributed by atoms with Crippen molar-refractivity contribution in [2.45, 2.75) is 25.0 Å². The fourth-order valence-electron chi connectivity index (χ4n) is 2.25. The van der Waals surface area contributed by atoms with Gasteiger partial charge >= 0.3 is 0 Å².